The van der Waals surface area contributed by atoms with Crippen LogP contribution in [0.2, 0.25) is 0 Å². The first kappa shape index (κ1) is 32.0. The van der Waals surface area contributed by atoms with E-state index in [2.05, 4.69) is 34.7 Å². The van der Waals surface area contributed by atoms with E-state index < -0.39 is 11.9 Å². The van der Waals surface area contributed by atoms with E-state index in [9.17, 15) is 14.4 Å². The molecule has 0 radical (unpaired) electrons. The fraction of sp³-hybridized carbons (Fsp3) is 0.364. The number of ketones is 1. The smallest absolute Gasteiger partial charge is 0.338 e. The van der Waals surface area contributed by atoms with Gasteiger partial charge in [-0.25, -0.2) is 4.79 Å². The summed E-state index contributed by atoms with van der Waals surface area (Å²) in [7, 11) is 0. The number of nitrogen functional groups attached to an aromatic ring is 1. The zero-order chi connectivity index (χ0) is 29.8. The lowest BCUT2D eigenvalue weighted by Crippen LogP contribution is -2.23. The van der Waals surface area contributed by atoms with Crippen molar-refractivity contribution >= 4 is 39.3 Å². The van der Waals surface area contributed by atoms with Crippen LogP contribution in [-0.2, 0) is 20.8 Å². The Morgan fingerprint density at radius 2 is 1.49 bits per heavy atom. The average molecular weight is 624 g/mol. The van der Waals surface area contributed by atoms with Gasteiger partial charge in [-0.1, -0.05) is 69.3 Å². The number of nitrogens with two attached hydrogens (primary N) is 1. The average Bonchev–Trinajstić information content (AvgIpc) is 3.00. The molecule has 0 heterocycles. The van der Waals surface area contributed by atoms with Gasteiger partial charge >= 0.3 is 11.9 Å². The summed E-state index contributed by atoms with van der Waals surface area (Å²) in [6.45, 7) is 8.93. The van der Waals surface area contributed by atoms with Gasteiger partial charge in [0, 0.05) is 22.1 Å². The molecule has 0 aliphatic carbocycles. The van der Waals surface area contributed by atoms with Crippen molar-refractivity contribution < 1.29 is 23.9 Å². The number of nitrogens with zero attached hydrogens (tertiary/aromatic N) is 1. The van der Waals surface area contributed by atoms with Crippen LogP contribution in [0.1, 0.15) is 83.4 Å². The van der Waals surface area contributed by atoms with Crippen molar-refractivity contribution in [1.29, 1.82) is 0 Å². The molecule has 8 heteroatoms. The zero-order valence-electron chi connectivity index (χ0n) is 24.0. The number of ether oxygens (including phenoxy) is 2. The van der Waals surface area contributed by atoms with Crippen molar-refractivity contribution in [1.82, 2.24) is 4.90 Å². The maximum absolute atomic E-state index is 12.9. The Bertz CT molecular complexity index is 1320. The monoisotopic (exact) mass is 622 g/mol. The summed E-state index contributed by atoms with van der Waals surface area (Å²) in [5, 5.41) is 0. The number of hydrogen-bond donors (Lipinski definition) is 1. The molecule has 218 valence electrons. The molecule has 0 saturated heterocycles. The molecule has 1 unspecified atom stereocenters. The molecule has 41 heavy (non-hydrogen) atoms. The standard InChI is InChI=1S/C33H39BrN2O5/c1-4-28(24-15-12-16-25(19-24)31(37)23-13-8-7-9-14-23)33(39)41-18-11-10-17-40-32(38)26-20-27(22-36(5-2)6-3)30(35)29(34)21-26/h7-9,12-16,19-21,28H,4-6,10-11,17-18,22,35H2,1-3H3. The molecule has 3 aromatic rings. The second kappa shape index (κ2) is 16.1. The third kappa shape index (κ3) is 9.00. The first-order chi connectivity index (χ1) is 19.8. The quantitative estimate of drug-likeness (QED) is 0.0863. The number of carbonyl (C=O) groups is 3. The molecule has 2 N–H and O–H groups in total. The van der Waals surface area contributed by atoms with Gasteiger partial charge in [-0.15, -0.1) is 0 Å². The molecular formula is C33H39BrN2O5. The van der Waals surface area contributed by atoms with Gasteiger partial charge in [0.1, 0.15) is 0 Å². The Kier molecular flexibility index (Phi) is 12.6. The number of anilines is 1. The van der Waals surface area contributed by atoms with Crippen LogP contribution in [0.3, 0.4) is 0 Å². The minimum Gasteiger partial charge on any atom is -0.465 e. The molecule has 3 rings (SSSR count). The SMILES string of the molecule is CCC(C(=O)OCCCCOC(=O)c1cc(Br)c(N)c(CN(CC)CC)c1)c1cccc(C(=O)c2ccccc2)c1. The van der Waals surface area contributed by atoms with Crippen LogP contribution in [0.25, 0.3) is 0 Å². The van der Waals surface area contributed by atoms with E-state index in [4.69, 9.17) is 15.2 Å². The van der Waals surface area contributed by atoms with E-state index in [1.807, 2.05) is 31.2 Å². The number of halogens is 1. The topological polar surface area (TPSA) is 98.9 Å². The van der Waals surface area contributed by atoms with Crippen molar-refractivity contribution in [2.24, 2.45) is 0 Å². The zero-order valence-corrected chi connectivity index (χ0v) is 25.6. The van der Waals surface area contributed by atoms with E-state index in [1.54, 1.807) is 42.5 Å². The molecule has 0 aliphatic rings. The number of unbranched alkanes of at least 4 members (excludes halogenated alkanes) is 1. The van der Waals surface area contributed by atoms with E-state index >= 15 is 0 Å². The van der Waals surface area contributed by atoms with Crippen molar-refractivity contribution in [2.75, 3.05) is 32.0 Å². The first-order valence-electron chi connectivity index (χ1n) is 14.1. The van der Waals surface area contributed by atoms with Gasteiger partial charge in [-0.3, -0.25) is 14.5 Å². The predicted molar refractivity (Wildman–Crippen MR) is 165 cm³/mol. The van der Waals surface area contributed by atoms with E-state index in [0.29, 0.717) is 52.7 Å². The van der Waals surface area contributed by atoms with Crippen molar-refractivity contribution in [3.63, 3.8) is 0 Å². The number of carbonyl (C=O) groups excluding carboxylic acids is 3. The van der Waals surface area contributed by atoms with Crippen molar-refractivity contribution in [2.45, 2.75) is 52.5 Å². The summed E-state index contributed by atoms with van der Waals surface area (Å²) < 4.78 is 11.7. The van der Waals surface area contributed by atoms with Gasteiger partial charge in [0.25, 0.3) is 0 Å². The van der Waals surface area contributed by atoms with Gasteiger partial charge in [-0.2, -0.15) is 0 Å². The molecule has 0 saturated carbocycles. The molecule has 3 aromatic carbocycles. The Morgan fingerprint density at radius 3 is 2.15 bits per heavy atom. The molecule has 7 nitrogen and oxygen atoms in total. The van der Waals surface area contributed by atoms with Crippen LogP contribution in [0.5, 0.6) is 0 Å². The fourth-order valence-corrected chi connectivity index (χ4v) is 5.03. The lowest BCUT2D eigenvalue weighted by Gasteiger charge is -2.20. The maximum Gasteiger partial charge on any atom is 0.338 e. The highest BCUT2D eigenvalue weighted by atomic mass is 79.9. The second-order valence-corrected chi connectivity index (χ2v) is 10.6. The predicted octanol–water partition coefficient (Wildman–Crippen LogP) is 6.78. The summed E-state index contributed by atoms with van der Waals surface area (Å²) in [5.74, 6) is -1.30. The van der Waals surface area contributed by atoms with Crippen LogP contribution in [0, 0.1) is 0 Å². The lowest BCUT2D eigenvalue weighted by atomic mass is 9.93. The highest BCUT2D eigenvalue weighted by Crippen LogP contribution is 2.27. The molecule has 0 amide bonds. The van der Waals surface area contributed by atoms with Crippen LogP contribution in [-0.4, -0.2) is 48.9 Å². The van der Waals surface area contributed by atoms with Gasteiger partial charge in [-0.05, 0) is 77.6 Å². The largest absolute Gasteiger partial charge is 0.465 e. The molecular weight excluding hydrogens is 584 g/mol. The molecule has 0 bridgehead atoms. The van der Waals surface area contributed by atoms with E-state index in [1.165, 1.54) is 0 Å². The highest BCUT2D eigenvalue weighted by Gasteiger charge is 2.22. The molecule has 1 atom stereocenters. The summed E-state index contributed by atoms with van der Waals surface area (Å²) in [5.41, 5.74) is 10.1. The molecule has 0 spiro atoms. The van der Waals surface area contributed by atoms with Crippen LogP contribution in [0.15, 0.2) is 71.2 Å². The minimum atomic E-state index is -0.467. The first-order valence-corrected chi connectivity index (χ1v) is 14.9. The van der Waals surface area contributed by atoms with E-state index in [-0.39, 0.29) is 25.0 Å². The molecule has 0 aliphatic heterocycles. The molecule has 0 fully saturated rings. The number of esters is 2. The fourth-order valence-electron chi connectivity index (χ4n) is 4.53. The summed E-state index contributed by atoms with van der Waals surface area (Å²) in [4.78, 5) is 40.6. The third-order valence-corrected chi connectivity index (χ3v) is 7.69. The minimum absolute atomic E-state index is 0.0864. The Morgan fingerprint density at radius 1 is 0.829 bits per heavy atom. The van der Waals surface area contributed by atoms with Crippen molar-refractivity contribution in [3.8, 4) is 0 Å². The number of benzene rings is 3. The van der Waals surface area contributed by atoms with Gasteiger partial charge in [0.05, 0.1) is 30.4 Å². The Hall–Kier alpha value is -3.49. The van der Waals surface area contributed by atoms with Gasteiger partial charge in [0.2, 0.25) is 0 Å². The van der Waals surface area contributed by atoms with Gasteiger partial charge < -0.3 is 15.2 Å². The van der Waals surface area contributed by atoms with Gasteiger partial charge in [0.15, 0.2) is 5.78 Å². The molecule has 0 aromatic heterocycles. The highest BCUT2D eigenvalue weighted by molar-refractivity contribution is 9.10. The van der Waals surface area contributed by atoms with E-state index in [0.717, 1.165) is 24.2 Å². The Labute approximate surface area is 251 Å². The lowest BCUT2D eigenvalue weighted by molar-refractivity contribution is -0.145. The van der Waals surface area contributed by atoms with Crippen LogP contribution < -0.4 is 5.73 Å². The van der Waals surface area contributed by atoms with Crippen LogP contribution in [0.4, 0.5) is 5.69 Å². The second-order valence-electron chi connectivity index (χ2n) is 9.78. The summed E-state index contributed by atoms with van der Waals surface area (Å²) >= 11 is 3.45. The Balaban J connectivity index is 1.48. The normalized spacial score (nSPS) is 11.7. The maximum atomic E-state index is 12.9. The van der Waals surface area contributed by atoms with Crippen LogP contribution >= 0.6 is 15.9 Å². The number of rotatable bonds is 15. The van der Waals surface area contributed by atoms with Crippen molar-refractivity contribution in [3.05, 3.63) is 99.0 Å². The number of hydrogen-bond acceptors (Lipinski definition) is 7. The summed E-state index contributed by atoms with van der Waals surface area (Å²) in [6.07, 6.45) is 1.66. The third-order valence-electron chi connectivity index (χ3n) is 7.04. The summed E-state index contributed by atoms with van der Waals surface area (Å²) in [6, 6.07) is 19.7.